The summed E-state index contributed by atoms with van der Waals surface area (Å²) in [6.45, 7) is 0. The molecular weight excluding hydrogens is 318 g/mol. The lowest BCUT2D eigenvalue weighted by atomic mass is 10.3. The maximum absolute atomic E-state index is 14.4. The first kappa shape index (κ1) is 17.4. The topological polar surface area (TPSA) is 18.5 Å². The number of hydrogen-bond donors (Lipinski definition) is 0. The fourth-order valence-corrected chi connectivity index (χ4v) is 4.73. The number of benzene rings is 2. The molecule has 0 atom stereocenters. The second-order valence-corrected chi connectivity index (χ2v) is 11.8. The molecule has 0 unspecified atom stereocenters. The van der Waals surface area contributed by atoms with Crippen LogP contribution in [0.1, 0.15) is 0 Å². The van der Waals surface area contributed by atoms with Crippen molar-refractivity contribution in [2.75, 3.05) is 25.0 Å². The molecule has 0 aliphatic carbocycles. The van der Waals surface area contributed by atoms with Crippen molar-refractivity contribution in [2.45, 2.75) is 9.79 Å². The normalized spacial score (nSPS) is 13.7. The minimum atomic E-state index is -1.74. The Bertz CT molecular complexity index is 540. The van der Waals surface area contributed by atoms with E-state index in [1.165, 1.54) is 0 Å². The molecule has 0 radical (unpaired) electrons. The summed E-state index contributed by atoms with van der Waals surface area (Å²) in [5, 5.41) is 0. The van der Waals surface area contributed by atoms with Crippen molar-refractivity contribution < 1.29 is 12.5 Å². The Hall–Kier alpha value is -0.945. The van der Waals surface area contributed by atoms with E-state index in [-0.39, 0.29) is 0 Å². The van der Waals surface area contributed by atoms with Gasteiger partial charge in [0.15, 0.2) is 0 Å². The van der Waals surface area contributed by atoms with E-state index >= 15 is 0 Å². The van der Waals surface area contributed by atoms with Crippen molar-refractivity contribution in [3.8, 4) is 0 Å². The quantitative estimate of drug-likeness (QED) is 0.685. The van der Waals surface area contributed by atoms with Gasteiger partial charge in [0, 0.05) is 9.79 Å². The van der Waals surface area contributed by atoms with E-state index in [0.717, 1.165) is 9.79 Å². The third-order valence-electron chi connectivity index (χ3n) is 3.25. The molecule has 0 saturated heterocycles. The van der Waals surface area contributed by atoms with Gasteiger partial charge >= 0.3 is 7.40 Å². The Morgan fingerprint density at radius 1 is 0.682 bits per heavy atom. The predicted octanol–water partition coefficient (Wildman–Crippen LogP) is 5.05. The monoisotopic (exact) mass is 340 g/mol. The molecule has 0 fully saturated rings. The minimum Gasteiger partial charge on any atom is -0.329 e. The second-order valence-electron chi connectivity index (χ2n) is 5.56. The van der Waals surface area contributed by atoms with E-state index in [4.69, 9.17) is 8.20 Å². The van der Waals surface area contributed by atoms with Gasteiger partial charge in [-0.3, -0.25) is 4.32 Å². The van der Waals surface area contributed by atoms with Crippen LogP contribution < -0.4 is 0 Å². The number of rotatable bonds is 6. The van der Waals surface area contributed by atoms with Crippen LogP contribution in [-0.4, -0.2) is 32.4 Å². The van der Waals surface area contributed by atoms with Gasteiger partial charge < -0.3 is 8.20 Å². The van der Waals surface area contributed by atoms with Crippen LogP contribution in [0.15, 0.2) is 70.5 Å². The lowest BCUT2D eigenvalue weighted by Gasteiger charge is -2.36. The van der Waals surface area contributed by atoms with Gasteiger partial charge in [0.1, 0.15) is 0 Å². The van der Waals surface area contributed by atoms with Gasteiger partial charge in [0.05, 0.1) is 0 Å². The van der Waals surface area contributed by atoms with Crippen molar-refractivity contribution >= 4 is 28.0 Å². The van der Waals surface area contributed by atoms with Gasteiger partial charge in [0.2, 0.25) is 0 Å². The first-order valence-electron chi connectivity index (χ1n) is 6.89. The second kappa shape index (κ2) is 7.09. The van der Waals surface area contributed by atoms with Crippen LogP contribution in [0.3, 0.4) is 0 Å². The van der Waals surface area contributed by atoms with Crippen LogP contribution in [0.5, 0.6) is 0 Å². The SMILES string of the molecule is CS(C)(OB(F)OS(C)(C)c1ccccc1)c1ccccc1. The van der Waals surface area contributed by atoms with Crippen molar-refractivity contribution in [1.29, 1.82) is 0 Å². The lowest BCUT2D eigenvalue weighted by Crippen LogP contribution is -2.21. The third kappa shape index (κ3) is 4.52. The van der Waals surface area contributed by atoms with Crippen LogP contribution in [-0.2, 0) is 8.20 Å². The van der Waals surface area contributed by atoms with E-state index in [1.54, 1.807) is 0 Å². The molecule has 0 amide bonds. The molecule has 0 aromatic heterocycles. The van der Waals surface area contributed by atoms with Gasteiger partial charge in [-0.05, 0) is 49.3 Å². The molecule has 2 nitrogen and oxygen atoms in total. The molecule has 120 valence electrons. The van der Waals surface area contributed by atoms with Crippen LogP contribution in [0, 0.1) is 0 Å². The molecule has 0 aliphatic heterocycles. The molecule has 0 spiro atoms. The van der Waals surface area contributed by atoms with Gasteiger partial charge in [-0.1, -0.05) is 36.4 Å². The predicted molar refractivity (Wildman–Crippen MR) is 97.3 cm³/mol. The van der Waals surface area contributed by atoms with E-state index < -0.39 is 28.0 Å². The summed E-state index contributed by atoms with van der Waals surface area (Å²) in [6, 6.07) is 19.4. The molecular formula is C16H22BFO2S2. The Balaban J connectivity index is 2.05. The molecule has 0 bridgehead atoms. The molecule has 0 aliphatic rings. The fraction of sp³-hybridized carbons (Fsp3) is 0.250. The van der Waals surface area contributed by atoms with Crippen molar-refractivity contribution in [3.05, 3.63) is 60.7 Å². The lowest BCUT2D eigenvalue weighted by molar-refractivity contribution is 0.405. The maximum Gasteiger partial charge on any atom is 0.701 e. The average Bonchev–Trinajstić information content (AvgIpc) is 2.48. The maximum atomic E-state index is 14.4. The van der Waals surface area contributed by atoms with Gasteiger partial charge in [-0.15, -0.1) is 20.6 Å². The van der Waals surface area contributed by atoms with Gasteiger partial charge in [-0.25, -0.2) is 0 Å². The molecule has 2 aromatic carbocycles. The van der Waals surface area contributed by atoms with Crippen LogP contribution in [0.2, 0.25) is 0 Å². The zero-order valence-corrected chi connectivity index (χ0v) is 15.0. The van der Waals surface area contributed by atoms with Gasteiger partial charge in [-0.2, -0.15) is 0 Å². The van der Waals surface area contributed by atoms with Crippen molar-refractivity contribution in [1.82, 2.24) is 0 Å². The minimum absolute atomic E-state index is 0.994. The molecule has 0 saturated carbocycles. The Kier molecular flexibility index (Phi) is 5.61. The Labute approximate surface area is 136 Å². The van der Waals surface area contributed by atoms with E-state index in [9.17, 15) is 4.32 Å². The van der Waals surface area contributed by atoms with Crippen molar-refractivity contribution in [3.63, 3.8) is 0 Å². The Morgan fingerprint density at radius 2 is 1.00 bits per heavy atom. The molecule has 2 rings (SSSR count). The van der Waals surface area contributed by atoms with E-state index in [2.05, 4.69) is 0 Å². The number of hydrogen-bond acceptors (Lipinski definition) is 2. The summed E-state index contributed by atoms with van der Waals surface area (Å²) in [4.78, 5) is 1.99. The summed E-state index contributed by atoms with van der Waals surface area (Å²) in [5.41, 5.74) is 0. The largest absolute Gasteiger partial charge is 0.701 e. The zero-order valence-electron chi connectivity index (χ0n) is 13.4. The molecule has 0 heterocycles. The van der Waals surface area contributed by atoms with E-state index in [1.807, 2.05) is 85.7 Å². The summed E-state index contributed by atoms with van der Waals surface area (Å²) in [6.07, 6.45) is 7.68. The fourth-order valence-electron chi connectivity index (χ4n) is 2.00. The third-order valence-corrected chi connectivity index (χ3v) is 7.33. The highest BCUT2D eigenvalue weighted by molar-refractivity contribution is 8.30. The Morgan fingerprint density at radius 3 is 1.32 bits per heavy atom. The summed E-state index contributed by atoms with van der Waals surface area (Å²) < 4.78 is 25.6. The average molecular weight is 340 g/mol. The molecule has 6 heteroatoms. The smallest absolute Gasteiger partial charge is 0.329 e. The first-order valence-corrected chi connectivity index (χ1v) is 11.6. The number of halogens is 1. The first-order chi connectivity index (χ1) is 10.3. The summed E-state index contributed by atoms with van der Waals surface area (Å²) in [7, 11) is -5.14. The summed E-state index contributed by atoms with van der Waals surface area (Å²) in [5.74, 6) is 0. The molecule has 22 heavy (non-hydrogen) atoms. The molecule has 2 aromatic rings. The summed E-state index contributed by atoms with van der Waals surface area (Å²) >= 11 is 0. The van der Waals surface area contributed by atoms with Crippen LogP contribution in [0.4, 0.5) is 4.32 Å². The van der Waals surface area contributed by atoms with Crippen molar-refractivity contribution in [2.24, 2.45) is 0 Å². The van der Waals surface area contributed by atoms with E-state index in [0.29, 0.717) is 0 Å². The highest BCUT2D eigenvalue weighted by Gasteiger charge is 2.33. The van der Waals surface area contributed by atoms with Gasteiger partial charge in [0.25, 0.3) is 0 Å². The standard InChI is InChI=1S/C16H22BFO2S2/c1-21(2,15-11-7-5-8-12-15)19-17(18)20-22(3,4)16-13-9-6-10-14-16/h5-14H,1-4H3. The highest BCUT2D eigenvalue weighted by Crippen LogP contribution is 2.55. The highest BCUT2D eigenvalue weighted by atomic mass is 32.3. The molecule has 0 N–H and O–H groups in total. The zero-order chi connectivity index (χ0) is 16.2. The van der Waals surface area contributed by atoms with Crippen LogP contribution >= 0.6 is 20.6 Å². The van der Waals surface area contributed by atoms with Crippen LogP contribution in [0.25, 0.3) is 0 Å².